The summed E-state index contributed by atoms with van der Waals surface area (Å²) in [4.78, 5) is 29.3. The minimum atomic E-state index is -0.463. The van der Waals surface area contributed by atoms with E-state index >= 15 is 0 Å². The van der Waals surface area contributed by atoms with Crippen molar-refractivity contribution >= 4 is 17.3 Å². The fourth-order valence-electron chi connectivity index (χ4n) is 5.35. The molecule has 6 rings (SSSR count). The Labute approximate surface area is 244 Å². The summed E-state index contributed by atoms with van der Waals surface area (Å²) in [6.45, 7) is 1.29. The van der Waals surface area contributed by atoms with E-state index in [0.717, 1.165) is 28.0 Å². The summed E-state index contributed by atoms with van der Waals surface area (Å²) in [6.07, 6.45) is -0.463. The number of nitro benzene ring substituents is 1. The summed E-state index contributed by atoms with van der Waals surface area (Å²) in [7, 11) is 0. The van der Waals surface area contributed by atoms with Gasteiger partial charge in [-0.1, -0.05) is 103 Å². The SMILES string of the molecule is O=C1c2cc([N+](=O)[O-])ccc2N(Cc2ccccc2)[C@@H](c2ccc(OCc3ccccc3)cc2)N1Cc1ccccc1. The van der Waals surface area contributed by atoms with Crippen molar-refractivity contribution in [3.05, 3.63) is 171 Å². The first-order valence-electron chi connectivity index (χ1n) is 13.8. The van der Waals surface area contributed by atoms with Gasteiger partial charge in [-0.25, -0.2) is 0 Å². The van der Waals surface area contributed by atoms with Gasteiger partial charge in [-0.05, 0) is 40.5 Å². The fourth-order valence-corrected chi connectivity index (χ4v) is 5.35. The summed E-state index contributed by atoms with van der Waals surface area (Å²) in [5.41, 5.74) is 4.87. The van der Waals surface area contributed by atoms with Gasteiger partial charge in [-0.3, -0.25) is 14.9 Å². The lowest BCUT2D eigenvalue weighted by Crippen LogP contribution is -2.48. The molecule has 0 unspecified atom stereocenters. The average molecular weight is 556 g/mol. The van der Waals surface area contributed by atoms with E-state index in [1.807, 2.05) is 115 Å². The molecule has 1 atom stereocenters. The highest BCUT2D eigenvalue weighted by Crippen LogP contribution is 2.42. The Morgan fingerprint density at radius 3 is 1.79 bits per heavy atom. The number of rotatable bonds is 9. The first-order chi connectivity index (χ1) is 20.6. The lowest BCUT2D eigenvalue weighted by Gasteiger charge is -2.46. The Morgan fingerprint density at radius 2 is 1.21 bits per heavy atom. The second-order valence-corrected chi connectivity index (χ2v) is 10.2. The number of hydrogen-bond acceptors (Lipinski definition) is 5. The van der Waals surface area contributed by atoms with E-state index in [1.54, 1.807) is 11.0 Å². The Morgan fingerprint density at radius 1 is 0.667 bits per heavy atom. The molecule has 0 aliphatic carbocycles. The third kappa shape index (κ3) is 5.71. The van der Waals surface area contributed by atoms with Crippen LogP contribution in [-0.4, -0.2) is 15.7 Å². The summed E-state index contributed by atoms with van der Waals surface area (Å²) >= 11 is 0. The molecule has 1 heterocycles. The molecular weight excluding hydrogens is 526 g/mol. The lowest BCUT2D eigenvalue weighted by molar-refractivity contribution is -0.384. The number of nitro groups is 1. The van der Waals surface area contributed by atoms with E-state index in [1.165, 1.54) is 12.1 Å². The van der Waals surface area contributed by atoms with Crippen molar-refractivity contribution < 1.29 is 14.5 Å². The monoisotopic (exact) mass is 555 g/mol. The van der Waals surface area contributed by atoms with Crippen molar-refractivity contribution in [2.24, 2.45) is 0 Å². The molecule has 7 heteroatoms. The van der Waals surface area contributed by atoms with Crippen molar-refractivity contribution in [2.75, 3.05) is 4.90 Å². The van der Waals surface area contributed by atoms with Gasteiger partial charge in [0.1, 0.15) is 18.5 Å². The third-order valence-electron chi connectivity index (χ3n) is 7.40. The number of hydrogen-bond donors (Lipinski definition) is 0. The second-order valence-electron chi connectivity index (χ2n) is 10.2. The van der Waals surface area contributed by atoms with Crippen molar-refractivity contribution in [3.63, 3.8) is 0 Å². The van der Waals surface area contributed by atoms with Crippen LogP contribution in [0.3, 0.4) is 0 Å². The van der Waals surface area contributed by atoms with Gasteiger partial charge in [-0.2, -0.15) is 0 Å². The zero-order valence-electron chi connectivity index (χ0n) is 22.9. The topological polar surface area (TPSA) is 75.9 Å². The highest BCUT2D eigenvalue weighted by Gasteiger charge is 2.39. The first-order valence-corrected chi connectivity index (χ1v) is 13.8. The fraction of sp³-hybridized carbons (Fsp3) is 0.114. The van der Waals surface area contributed by atoms with Crippen LogP contribution in [0.25, 0.3) is 0 Å². The van der Waals surface area contributed by atoms with E-state index in [0.29, 0.717) is 30.9 Å². The molecule has 0 saturated carbocycles. The lowest BCUT2D eigenvalue weighted by atomic mass is 9.98. The van der Waals surface area contributed by atoms with Gasteiger partial charge < -0.3 is 14.5 Å². The van der Waals surface area contributed by atoms with Gasteiger partial charge in [0.25, 0.3) is 11.6 Å². The number of nitrogens with zero attached hydrogens (tertiary/aromatic N) is 3. The van der Waals surface area contributed by atoms with Crippen LogP contribution in [-0.2, 0) is 19.7 Å². The molecule has 208 valence electrons. The van der Waals surface area contributed by atoms with Gasteiger partial charge in [0, 0.05) is 25.2 Å². The normalized spacial score (nSPS) is 14.4. The van der Waals surface area contributed by atoms with E-state index in [9.17, 15) is 14.9 Å². The Hall–Kier alpha value is -5.43. The van der Waals surface area contributed by atoms with Gasteiger partial charge in [0.2, 0.25) is 0 Å². The summed E-state index contributed by atoms with van der Waals surface area (Å²) < 4.78 is 6.03. The van der Waals surface area contributed by atoms with E-state index in [-0.39, 0.29) is 11.6 Å². The molecule has 42 heavy (non-hydrogen) atoms. The van der Waals surface area contributed by atoms with Crippen LogP contribution in [0, 0.1) is 10.1 Å². The van der Waals surface area contributed by atoms with Gasteiger partial charge in [-0.15, -0.1) is 0 Å². The number of anilines is 1. The molecule has 5 aromatic rings. The minimum Gasteiger partial charge on any atom is -0.489 e. The number of non-ortho nitro benzene ring substituents is 1. The van der Waals surface area contributed by atoms with Crippen LogP contribution in [0.1, 0.15) is 38.8 Å². The Kier molecular flexibility index (Phi) is 7.64. The predicted octanol–water partition coefficient (Wildman–Crippen LogP) is 7.54. The van der Waals surface area contributed by atoms with E-state index in [4.69, 9.17) is 4.74 Å². The van der Waals surface area contributed by atoms with Crippen LogP contribution in [0.4, 0.5) is 11.4 Å². The van der Waals surface area contributed by atoms with E-state index < -0.39 is 11.1 Å². The highest BCUT2D eigenvalue weighted by atomic mass is 16.6. The molecule has 7 nitrogen and oxygen atoms in total. The van der Waals surface area contributed by atoms with Crippen LogP contribution in [0.5, 0.6) is 5.75 Å². The molecular formula is C35H29N3O4. The molecule has 0 fully saturated rings. The van der Waals surface area contributed by atoms with Crippen molar-refractivity contribution in [3.8, 4) is 5.75 Å². The quantitative estimate of drug-likeness (QED) is 0.139. The number of amides is 1. The molecule has 5 aromatic carbocycles. The van der Waals surface area contributed by atoms with Crippen molar-refractivity contribution in [2.45, 2.75) is 25.9 Å². The Balaban J connectivity index is 1.42. The highest BCUT2D eigenvalue weighted by molar-refractivity contribution is 6.02. The summed E-state index contributed by atoms with van der Waals surface area (Å²) in [6, 6.07) is 42.2. The molecule has 0 N–H and O–H groups in total. The maximum atomic E-state index is 14.2. The zero-order valence-corrected chi connectivity index (χ0v) is 22.9. The molecule has 0 aromatic heterocycles. The Bertz CT molecular complexity index is 1680. The molecule has 1 amide bonds. The molecule has 1 aliphatic rings. The number of benzene rings is 5. The van der Waals surface area contributed by atoms with Crippen molar-refractivity contribution in [1.29, 1.82) is 0 Å². The molecule has 0 bridgehead atoms. The number of carbonyl (C=O) groups excluding carboxylic acids is 1. The maximum absolute atomic E-state index is 14.2. The standard InChI is InChI=1S/C35H29N3O4/c39-35-32-22-30(38(40)41)18-21-33(32)36(23-26-10-4-1-5-11-26)34(37(35)24-27-12-6-2-7-13-27)29-16-19-31(20-17-29)42-25-28-14-8-3-9-15-28/h1-22,34H,23-25H2/t34-/m1/s1. The van der Waals surface area contributed by atoms with E-state index in [2.05, 4.69) is 4.90 Å². The average Bonchev–Trinajstić information content (AvgIpc) is 3.04. The smallest absolute Gasteiger partial charge is 0.270 e. The summed E-state index contributed by atoms with van der Waals surface area (Å²) in [5, 5.41) is 11.7. The zero-order chi connectivity index (χ0) is 28.9. The van der Waals surface area contributed by atoms with Crippen LogP contribution < -0.4 is 9.64 Å². The second kappa shape index (κ2) is 12.0. The van der Waals surface area contributed by atoms with Crippen LogP contribution in [0.15, 0.2) is 133 Å². The molecule has 0 spiro atoms. The van der Waals surface area contributed by atoms with Crippen LogP contribution >= 0.6 is 0 Å². The van der Waals surface area contributed by atoms with Gasteiger partial charge in [0.05, 0.1) is 16.2 Å². The summed E-state index contributed by atoms with van der Waals surface area (Å²) in [5.74, 6) is 0.473. The predicted molar refractivity (Wildman–Crippen MR) is 162 cm³/mol. The molecule has 1 aliphatic heterocycles. The minimum absolute atomic E-state index is 0.111. The largest absolute Gasteiger partial charge is 0.489 e. The molecule has 0 saturated heterocycles. The third-order valence-corrected chi connectivity index (χ3v) is 7.40. The van der Waals surface area contributed by atoms with Gasteiger partial charge >= 0.3 is 0 Å². The first kappa shape index (κ1) is 26.8. The number of fused-ring (bicyclic) bond motifs is 1. The number of carbonyl (C=O) groups is 1. The van der Waals surface area contributed by atoms with Crippen LogP contribution in [0.2, 0.25) is 0 Å². The van der Waals surface area contributed by atoms with Crippen molar-refractivity contribution in [1.82, 2.24) is 4.90 Å². The molecule has 0 radical (unpaired) electrons. The number of ether oxygens (including phenoxy) is 1. The van der Waals surface area contributed by atoms with Gasteiger partial charge in [0.15, 0.2) is 0 Å². The maximum Gasteiger partial charge on any atom is 0.270 e.